The van der Waals surface area contributed by atoms with Crippen LogP contribution in [0.1, 0.15) is 25.5 Å². The van der Waals surface area contributed by atoms with Gasteiger partial charge in [-0.25, -0.2) is 4.79 Å². The van der Waals surface area contributed by atoms with Gasteiger partial charge < -0.3 is 10.6 Å². The summed E-state index contributed by atoms with van der Waals surface area (Å²) in [6.07, 6.45) is 4.43. The van der Waals surface area contributed by atoms with Crippen molar-refractivity contribution in [2.45, 2.75) is 26.2 Å². The van der Waals surface area contributed by atoms with Gasteiger partial charge >= 0.3 is 6.03 Å². The molecule has 2 amide bonds. The molecule has 84 valence electrons. The predicted molar refractivity (Wildman–Crippen MR) is 56.4 cm³/mol. The second-order valence-corrected chi connectivity index (χ2v) is 3.25. The van der Waals surface area contributed by atoms with E-state index in [9.17, 15) is 4.79 Å². The molecule has 1 heterocycles. The number of hydrogen-bond donors (Lipinski definition) is 3. The standard InChI is InChI=1S/C9H17N5O/c1-2-3-5-10-9(15)11-6-4-8-7-12-14-13-8/h7H,2-6H2,1H3,(H2,10,11,15)(H,12,13,14). The van der Waals surface area contributed by atoms with Crippen LogP contribution >= 0.6 is 0 Å². The van der Waals surface area contributed by atoms with E-state index >= 15 is 0 Å². The van der Waals surface area contributed by atoms with Crippen LogP contribution in [-0.4, -0.2) is 34.5 Å². The predicted octanol–water partition coefficient (Wildman–Crippen LogP) is 0.446. The Kier molecular flexibility index (Phi) is 5.21. The highest BCUT2D eigenvalue weighted by atomic mass is 16.2. The first-order chi connectivity index (χ1) is 7.33. The Bertz CT molecular complexity index is 272. The molecular weight excluding hydrogens is 194 g/mol. The lowest BCUT2D eigenvalue weighted by atomic mass is 10.3. The topological polar surface area (TPSA) is 82.7 Å². The molecule has 0 bridgehead atoms. The van der Waals surface area contributed by atoms with E-state index in [2.05, 4.69) is 33.0 Å². The average Bonchev–Trinajstić information content (AvgIpc) is 2.71. The van der Waals surface area contributed by atoms with Gasteiger partial charge in [0.25, 0.3) is 0 Å². The lowest BCUT2D eigenvalue weighted by Gasteiger charge is -2.05. The molecule has 0 atom stereocenters. The number of nitrogens with zero attached hydrogens (tertiary/aromatic N) is 2. The molecule has 0 radical (unpaired) electrons. The molecule has 0 spiro atoms. The zero-order chi connectivity index (χ0) is 10.9. The summed E-state index contributed by atoms with van der Waals surface area (Å²) in [6, 6.07) is -0.119. The van der Waals surface area contributed by atoms with Gasteiger partial charge in [-0.05, 0) is 6.42 Å². The van der Waals surface area contributed by atoms with E-state index < -0.39 is 0 Å². The highest BCUT2D eigenvalue weighted by molar-refractivity contribution is 5.73. The molecule has 0 aliphatic rings. The first-order valence-corrected chi connectivity index (χ1v) is 5.19. The highest BCUT2D eigenvalue weighted by Gasteiger charge is 1.99. The van der Waals surface area contributed by atoms with Crippen LogP contribution in [-0.2, 0) is 6.42 Å². The number of H-pyrrole nitrogens is 1. The number of rotatable bonds is 6. The molecule has 3 N–H and O–H groups in total. The van der Waals surface area contributed by atoms with Gasteiger partial charge in [0.05, 0.1) is 11.9 Å². The van der Waals surface area contributed by atoms with Crippen molar-refractivity contribution in [2.75, 3.05) is 13.1 Å². The quantitative estimate of drug-likeness (QED) is 0.597. The third-order valence-electron chi connectivity index (χ3n) is 1.95. The molecule has 0 aromatic carbocycles. The zero-order valence-corrected chi connectivity index (χ0v) is 8.92. The highest BCUT2D eigenvalue weighted by Crippen LogP contribution is 1.88. The maximum atomic E-state index is 11.2. The van der Waals surface area contributed by atoms with Gasteiger partial charge in [-0.15, -0.1) is 0 Å². The fourth-order valence-electron chi connectivity index (χ4n) is 1.09. The molecule has 6 heteroatoms. The summed E-state index contributed by atoms with van der Waals surface area (Å²) in [5.74, 6) is 0. The number of amides is 2. The number of nitrogens with one attached hydrogen (secondary N) is 3. The minimum absolute atomic E-state index is 0.119. The van der Waals surface area contributed by atoms with Crippen molar-refractivity contribution < 1.29 is 4.79 Å². The number of carbonyl (C=O) groups is 1. The number of unbranched alkanes of at least 4 members (excludes halogenated alkanes) is 1. The average molecular weight is 211 g/mol. The van der Waals surface area contributed by atoms with Gasteiger partial charge in [-0.3, -0.25) is 0 Å². The van der Waals surface area contributed by atoms with Gasteiger partial charge in [0.1, 0.15) is 0 Å². The van der Waals surface area contributed by atoms with Crippen molar-refractivity contribution in [3.8, 4) is 0 Å². The lowest BCUT2D eigenvalue weighted by molar-refractivity contribution is 0.241. The van der Waals surface area contributed by atoms with Crippen LogP contribution in [0.25, 0.3) is 0 Å². The van der Waals surface area contributed by atoms with Crippen molar-refractivity contribution in [2.24, 2.45) is 0 Å². The molecule has 0 unspecified atom stereocenters. The fourth-order valence-corrected chi connectivity index (χ4v) is 1.09. The Morgan fingerprint density at radius 3 is 2.93 bits per heavy atom. The second kappa shape index (κ2) is 6.80. The van der Waals surface area contributed by atoms with E-state index in [1.807, 2.05) is 0 Å². The number of urea groups is 1. The third-order valence-corrected chi connectivity index (χ3v) is 1.95. The van der Waals surface area contributed by atoms with Crippen molar-refractivity contribution in [3.05, 3.63) is 11.9 Å². The summed E-state index contributed by atoms with van der Waals surface area (Å²) in [4.78, 5) is 11.2. The number of hydrogen-bond acceptors (Lipinski definition) is 3. The Hall–Kier alpha value is -1.59. The monoisotopic (exact) mass is 211 g/mol. The van der Waals surface area contributed by atoms with Crippen molar-refractivity contribution in [3.63, 3.8) is 0 Å². The van der Waals surface area contributed by atoms with E-state index in [1.165, 1.54) is 0 Å². The smallest absolute Gasteiger partial charge is 0.314 e. The maximum Gasteiger partial charge on any atom is 0.314 e. The number of aromatic nitrogens is 3. The molecule has 0 saturated heterocycles. The summed E-state index contributed by atoms with van der Waals surface area (Å²) >= 11 is 0. The minimum Gasteiger partial charge on any atom is -0.338 e. The molecule has 6 nitrogen and oxygen atoms in total. The van der Waals surface area contributed by atoms with Crippen molar-refractivity contribution in [1.82, 2.24) is 26.0 Å². The van der Waals surface area contributed by atoms with Crippen LogP contribution in [0, 0.1) is 0 Å². The summed E-state index contributed by atoms with van der Waals surface area (Å²) in [5, 5.41) is 15.6. The zero-order valence-electron chi connectivity index (χ0n) is 8.92. The Morgan fingerprint density at radius 2 is 2.27 bits per heavy atom. The summed E-state index contributed by atoms with van der Waals surface area (Å²) in [5.41, 5.74) is 0.851. The van der Waals surface area contributed by atoms with Crippen LogP contribution in [0.5, 0.6) is 0 Å². The van der Waals surface area contributed by atoms with Gasteiger partial charge in [-0.1, -0.05) is 13.3 Å². The first kappa shape index (κ1) is 11.5. The van der Waals surface area contributed by atoms with Crippen LogP contribution in [0.4, 0.5) is 4.79 Å². The second-order valence-electron chi connectivity index (χ2n) is 3.25. The Labute approximate surface area is 88.8 Å². The van der Waals surface area contributed by atoms with Crippen LogP contribution in [0.2, 0.25) is 0 Å². The Balaban J connectivity index is 2.02. The molecule has 0 aliphatic heterocycles. The molecular formula is C9H17N5O. The Morgan fingerprint density at radius 1 is 1.47 bits per heavy atom. The first-order valence-electron chi connectivity index (χ1n) is 5.19. The van der Waals surface area contributed by atoms with E-state index in [0.29, 0.717) is 13.0 Å². The van der Waals surface area contributed by atoms with Crippen LogP contribution in [0.15, 0.2) is 6.20 Å². The molecule has 1 rings (SSSR count). The number of carbonyl (C=O) groups excluding carboxylic acids is 1. The van der Waals surface area contributed by atoms with Crippen molar-refractivity contribution in [1.29, 1.82) is 0 Å². The maximum absolute atomic E-state index is 11.2. The van der Waals surface area contributed by atoms with E-state index in [4.69, 9.17) is 0 Å². The van der Waals surface area contributed by atoms with E-state index in [1.54, 1.807) is 6.20 Å². The summed E-state index contributed by atoms with van der Waals surface area (Å²) < 4.78 is 0. The van der Waals surface area contributed by atoms with Gasteiger partial charge in [0, 0.05) is 19.5 Å². The molecule has 0 fully saturated rings. The summed E-state index contributed by atoms with van der Waals surface area (Å²) in [6.45, 7) is 3.39. The number of aromatic amines is 1. The van der Waals surface area contributed by atoms with E-state index in [-0.39, 0.29) is 6.03 Å². The minimum atomic E-state index is -0.119. The van der Waals surface area contributed by atoms with E-state index in [0.717, 1.165) is 25.1 Å². The molecule has 0 aliphatic carbocycles. The normalized spacial score (nSPS) is 9.93. The largest absolute Gasteiger partial charge is 0.338 e. The van der Waals surface area contributed by atoms with Gasteiger partial charge in [0.15, 0.2) is 0 Å². The molecule has 1 aromatic rings. The molecule has 15 heavy (non-hydrogen) atoms. The van der Waals surface area contributed by atoms with Gasteiger partial charge in [-0.2, -0.15) is 15.4 Å². The summed E-state index contributed by atoms with van der Waals surface area (Å²) in [7, 11) is 0. The van der Waals surface area contributed by atoms with Gasteiger partial charge in [0.2, 0.25) is 0 Å². The van der Waals surface area contributed by atoms with Crippen molar-refractivity contribution >= 4 is 6.03 Å². The molecule has 0 saturated carbocycles. The van der Waals surface area contributed by atoms with Crippen LogP contribution < -0.4 is 10.6 Å². The third kappa shape index (κ3) is 4.99. The van der Waals surface area contributed by atoms with Crippen LogP contribution in [0.3, 0.4) is 0 Å². The lowest BCUT2D eigenvalue weighted by Crippen LogP contribution is -2.37. The SMILES string of the molecule is CCCCNC(=O)NCCc1cn[nH]n1. The molecule has 1 aromatic heterocycles. The fraction of sp³-hybridized carbons (Fsp3) is 0.667.